The zero-order valence-corrected chi connectivity index (χ0v) is 15.6. The third-order valence-electron chi connectivity index (χ3n) is 4.46. The average molecular weight is 371 g/mol. The van der Waals surface area contributed by atoms with Gasteiger partial charge in [-0.2, -0.15) is 4.31 Å². The molecular formula is C16H25N3O5S. The Morgan fingerprint density at radius 1 is 1.40 bits per heavy atom. The van der Waals surface area contributed by atoms with Crippen molar-refractivity contribution in [2.45, 2.75) is 31.1 Å². The van der Waals surface area contributed by atoms with Crippen LogP contribution in [0.2, 0.25) is 0 Å². The number of hydrogen-bond donors (Lipinski definition) is 1. The maximum atomic E-state index is 12.8. The highest BCUT2D eigenvalue weighted by Gasteiger charge is 2.31. The van der Waals surface area contributed by atoms with Crippen LogP contribution < -0.4 is 0 Å². The Labute approximate surface area is 148 Å². The largest absolute Gasteiger partial charge is 0.481 e. The van der Waals surface area contributed by atoms with Crippen LogP contribution >= 0.6 is 0 Å². The van der Waals surface area contributed by atoms with Crippen molar-refractivity contribution in [2.24, 2.45) is 13.0 Å². The molecule has 1 atom stereocenters. The second kappa shape index (κ2) is 7.57. The standard InChI is InChI=1S/C16H25N3O5S/c1-12-5-4-7-19(10-12)25(23,24)13-9-14(18(3)11-13)16(22)17(2)8-6-15(20)21/h9,11-12H,4-8,10H2,1-3H3,(H,20,21). The van der Waals surface area contributed by atoms with Crippen molar-refractivity contribution >= 4 is 21.9 Å². The highest BCUT2D eigenvalue weighted by Crippen LogP contribution is 2.25. The Kier molecular flexibility index (Phi) is 5.89. The molecule has 1 aliphatic heterocycles. The lowest BCUT2D eigenvalue weighted by Gasteiger charge is -2.29. The number of carbonyl (C=O) groups is 2. The van der Waals surface area contributed by atoms with E-state index in [1.807, 2.05) is 6.92 Å². The Hall–Kier alpha value is -1.87. The number of aromatic nitrogens is 1. The summed E-state index contributed by atoms with van der Waals surface area (Å²) in [6.07, 6.45) is 3.12. The molecule has 0 aliphatic carbocycles. The molecule has 0 saturated carbocycles. The summed E-state index contributed by atoms with van der Waals surface area (Å²) in [4.78, 5) is 24.5. The normalized spacial score (nSPS) is 18.9. The molecule has 1 aromatic heterocycles. The molecule has 2 heterocycles. The lowest BCUT2D eigenvalue weighted by molar-refractivity contribution is -0.137. The van der Waals surface area contributed by atoms with Crippen LogP contribution in [-0.2, 0) is 21.9 Å². The quantitative estimate of drug-likeness (QED) is 0.804. The Morgan fingerprint density at radius 3 is 2.68 bits per heavy atom. The molecule has 25 heavy (non-hydrogen) atoms. The molecular weight excluding hydrogens is 346 g/mol. The summed E-state index contributed by atoms with van der Waals surface area (Å²) in [6, 6.07) is 1.37. The number of aliphatic carboxylic acids is 1. The molecule has 1 unspecified atom stereocenters. The second-order valence-corrected chi connectivity index (χ2v) is 8.59. The van der Waals surface area contributed by atoms with Gasteiger partial charge < -0.3 is 14.6 Å². The molecule has 0 bridgehead atoms. The Bertz CT molecular complexity index is 756. The molecule has 1 fully saturated rings. The molecule has 0 aromatic carbocycles. The fourth-order valence-corrected chi connectivity index (χ4v) is 4.63. The SMILES string of the molecule is CC1CCCN(S(=O)(=O)c2cc(C(=O)N(C)CCC(=O)O)n(C)c2)C1. The van der Waals surface area contributed by atoms with Gasteiger partial charge in [-0.15, -0.1) is 0 Å². The molecule has 1 N–H and O–H groups in total. The van der Waals surface area contributed by atoms with Crippen molar-refractivity contribution in [3.8, 4) is 0 Å². The number of piperidine rings is 1. The van der Waals surface area contributed by atoms with Gasteiger partial charge in [0.25, 0.3) is 5.91 Å². The molecule has 1 aliphatic rings. The number of rotatable bonds is 6. The summed E-state index contributed by atoms with van der Waals surface area (Å²) in [6.45, 7) is 3.06. The van der Waals surface area contributed by atoms with Gasteiger partial charge in [0, 0.05) is 39.9 Å². The van der Waals surface area contributed by atoms with Gasteiger partial charge in [0.2, 0.25) is 10.0 Å². The monoisotopic (exact) mass is 371 g/mol. The summed E-state index contributed by atoms with van der Waals surface area (Å²) in [5.41, 5.74) is 0.219. The molecule has 1 amide bonds. The van der Waals surface area contributed by atoms with Crippen molar-refractivity contribution in [1.82, 2.24) is 13.8 Å². The number of aryl methyl sites for hydroxylation is 1. The summed E-state index contributed by atoms with van der Waals surface area (Å²) in [5, 5.41) is 8.72. The maximum Gasteiger partial charge on any atom is 0.305 e. The zero-order valence-electron chi connectivity index (χ0n) is 14.8. The van der Waals surface area contributed by atoms with Crippen LogP contribution in [0.5, 0.6) is 0 Å². The third-order valence-corrected chi connectivity index (χ3v) is 6.29. The molecule has 0 spiro atoms. The van der Waals surface area contributed by atoms with E-state index in [4.69, 9.17) is 5.11 Å². The molecule has 1 saturated heterocycles. The summed E-state index contributed by atoms with van der Waals surface area (Å²) in [5.74, 6) is -1.08. The first-order chi connectivity index (χ1) is 11.6. The number of hydrogen-bond acceptors (Lipinski definition) is 4. The van der Waals surface area contributed by atoms with Crippen LogP contribution in [0.15, 0.2) is 17.2 Å². The van der Waals surface area contributed by atoms with Gasteiger partial charge in [-0.25, -0.2) is 8.42 Å². The van der Waals surface area contributed by atoms with Crippen LogP contribution in [0.4, 0.5) is 0 Å². The summed E-state index contributed by atoms with van der Waals surface area (Å²) >= 11 is 0. The van der Waals surface area contributed by atoms with Crippen LogP contribution in [0.25, 0.3) is 0 Å². The number of carboxylic acids is 1. The van der Waals surface area contributed by atoms with E-state index in [2.05, 4.69) is 0 Å². The van der Waals surface area contributed by atoms with E-state index in [-0.39, 0.29) is 23.6 Å². The molecule has 8 nitrogen and oxygen atoms in total. The van der Waals surface area contributed by atoms with Crippen molar-refractivity contribution in [3.63, 3.8) is 0 Å². The second-order valence-electron chi connectivity index (χ2n) is 6.65. The van der Waals surface area contributed by atoms with E-state index in [0.29, 0.717) is 19.0 Å². The van der Waals surface area contributed by atoms with E-state index >= 15 is 0 Å². The predicted molar refractivity (Wildman–Crippen MR) is 91.8 cm³/mol. The third kappa shape index (κ3) is 4.40. The highest BCUT2D eigenvalue weighted by molar-refractivity contribution is 7.89. The van der Waals surface area contributed by atoms with E-state index in [1.54, 1.807) is 7.05 Å². The molecule has 0 radical (unpaired) electrons. The zero-order chi connectivity index (χ0) is 18.8. The van der Waals surface area contributed by atoms with Gasteiger partial charge in [-0.05, 0) is 24.8 Å². The number of carboxylic acid groups (broad SMARTS) is 1. The average Bonchev–Trinajstić information content (AvgIpc) is 2.94. The first kappa shape index (κ1) is 19.5. The van der Waals surface area contributed by atoms with Crippen molar-refractivity contribution in [2.75, 3.05) is 26.7 Å². The lowest BCUT2D eigenvalue weighted by Crippen LogP contribution is -2.38. The smallest absolute Gasteiger partial charge is 0.305 e. The van der Waals surface area contributed by atoms with E-state index in [9.17, 15) is 18.0 Å². The minimum atomic E-state index is -3.63. The van der Waals surface area contributed by atoms with Crippen molar-refractivity contribution in [1.29, 1.82) is 0 Å². The van der Waals surface area contributed by atoms with E-state index in [1.165, 1.54) is 33.1 Å². The first-order valence-electron chi connectivity index (χ1n) is 8.26. The van der Waals surface area contributed by atoms with Crippen LogP contribution in [0.1, 0.15) is 36.7 Å². The van der Waals surface area contributed by atoms with Gasteiger partial charge in [-0.3, -0.25) is 9.59 Å². The Morgan fingerprint density at radius 2 is 2.08 bits per heavy atom. The molecule has 1 aromatic rings. The topological polar surface area (TPSA) is 99.9 Å². The predicted octanol–water partition coefficient (Wildman–Crippen LogP) is 0.992. The molecule has 2 rings (SSSR count). The number of sulfonamides is 1. The van der Waals surface area contributed by atoms with Crippen LogP contribution in [0.3, 0.4) is 0 Å². The highest BCUT2D eigenvalue weighted by atomic mass is 32.2. The minimum absolute atomic E-state index is 0.0606. The van der Waals surface area contributed by atoms with Crippen molar-refractivity contribution < 1.29 is 23.1 Å². The van der Waals surface area contributed by atoms with Crippen LogP contribution in [0, 0.1) is 5.92 Å². The number of amides is 1. The summed E-state index contributed by atoms with van der Waals surface area (Å²) < 4.78 is 28.6. The Balaban J connectivity index is 2.21. The van der Waals surface area contributed by atoms with Crippen molar-refractivity contribution in [3.05, 3.63) is 18.0 Å². The van der Waals surface area contributed by atoms with Gasteiger partial charge in [0.1, 0.15) is 10.6 Å². The van der Waals surface area contributed by atoms with Gasteiger partial charge in [-0.1, -0.05) is 6.92 Å². The van der Waals surface area contributed by atoms with Gasteiger partial charge in [0.05, 0.1) is 6.42 Å². The maximum absolute atomic E-state index is 12.8. The molecule has 9 heteroatoms. The van der Waals surface area contributed by atoms with Gasteiger partial charge >= 0.3 is 5.97 Å². The fraction of sp³-hybridized carbons (Fsp3) is 0.625. The van der Waals surface area contributed by atoms with E-state index < -0.39 is 21.9 Å². The van der Waals surface area contributed by atoms with Crippen LogP contribution in [-0.4, -0.2) is 65.9 Å². The fourth-order valence-electron chi connectivity index (χ4n) is 2.96. The number of nitrogens with zero attached hydrogens (tertiary/aromatic N) is 3. The molecule has 140 valence electrons. The van der Waals surface area contributed by atoms with Gasteiger partial charge in [0.15, 0.2) is 0 Å². The first-order valence-corrected chi connectivity index (χ1v) is 9.70. The number of carbonyl (C=O) groups excluding carboxylic acids is 1. The van der Waals surface area contributed by atoms with E-state index in [0.717, 1.165) is 12.8 Å². The minimum Gasteiger partial charge on any atom is -0.481 e. The summed E-state index contributed by atoms with van der Waals surface area (Å²) in [7, 11) is -0.528. The lowest BCUT2D eigenvalue weighted by atomic mass is 10.0.